The summed E-state index contributed by atoms with van der Waals surface area (Å²) in [6.45, 7) is 2.55. The summed E-state index contributed by atoms with van der Waals surface area (Å²) in [5.74, 6) is -0.191. The Morgan fingerprint density at radius 1 is 1.09 bits per heavy atom. The number of nitrogens with one attached hydrogen (secondary N) is 3. The van der Waals surface area contributed by atoms with Gasteiger partial charge in [-0.1, -0.05) is 31.2 Å². The largest absolute Gasteiger partial charge is 0.355 e. The fraction of sp³-hybridized carbons (Fsp3) is 0.250. The summed E-state index contributed by atoms with van der Waals surface area (Å²) in [5.41, 5.74) is 1.68. The molecule has 0 radical (unpaired) electrons. The maximum atomic E-state index is 11.9. The number of rotatable bonds is 6. The first-order valence-corrected chi connectivity index (χ1v) is 8.03. The van der Waals surface area contributed by atoms with Gasteiger partial charge in [0.25, 0.3) is 0 Å². The Morgan fingerprint density at radius 2 is 1.91 bits per heavy atom. The van der Waals surface area contributed by atoms with E-state index in [0.717, 1.165) is 22.5 Å². The normalized spacial score (nSPS) is 10.0. The van der Waals surface area contributed by atoms with Gasteiger partial charge in [0.05, 0.1) is 12.2 Å². The van der Waals surface area contributed by atoms with Crippen molar-refractivity contribution in [3.05, 3.63) is 41.8 Å². The van der Waals surface area contributed by atoms with Gasteiger partial charge >= 0.3 is 6.03 Å². The maximum absolute atomic E-state index is 11.9. The van der Waals surface area contributed by atoms with E-state index in [-0.39, 0.29) is 12.5 Å². The topological polar surface area (TPSA) is 70.2 Å². The lowest BCUT2D eigenvalue weighted by Crippen LogP contribution is -2.39. The summed E-state index contributed by atoms with van der Waals surface area (Å²) < 4.78 is 0. The molecule has 2 rings (SSSR count). The number of urea groups is 1. The van der Waals surface area contributed by atoms with Gasteiger partial charge < -0.3 is 16.0 Å². The summed E-state index contributed by atoms with van der Waals surface area (Å²) in [4.78, 5) is 24.5. The zero-order valence-electron chi connectivity index (χ0n) is 12.4. The molecule has 0 bridgehead atoms. The van der Waals surface area contributed by atoms with Crippen molar-refractivity contribution in [2.24, 2.45) is 0 Å². The molecule has 0 atom stereocenters. The lowest BCUT2D eigenvalue weighted by atomic mass is 10.1. The number of carbonyl (C=O) groups is 2. The standard InChI is InChI=1S/C16H19N3O2S/c1-2-9-17-15(20)11-18-16(21)19-13-7-4-3-6-12(13)14-8-5-10-22-14/h3-8,10H,2,9,11H2,1H3,(H,17,20)(H2,18,19,21). The fourth-order valence-corrected chi connectivity index (χ4v) is 2.66. The number of thiophene rings is 1. The van der Waals surface area contributed by atoms with Crippen LogP contribution in [0.4, 0.5) is 10.5 Å². The van der Waals surface area contributed by atoms with Crippen molar-refractivity contribution < 1.29 is 9.59 Å². The van der Waals surface area contributed by atoms with E-state index in [0.29, 0.717) is 6.54 Å². The fourth-order valence-electron chi connectivity index (χ4n) is 1.89. The predicted molar refractivity (Wildman–Crippen MR) is 90.1 cm³/mol. The second kappa shape index (κ2) is 8.19. The van der Waals surface area contributed by atoms with Crippen LogP contribution >= 0.6 is 11.3 Å². The van der Waals surface area contributed by atoms with Gasteiger partial charge in [0.2, 0.25) is 5.91 Å². The van der Waals surface area contributed by atoms with Crippen LogP contribution < -0.4 is 16.0 Å². The molecule has 6 heteroatoms. The van der Waals surface area contributed by atoms with E-state index in [1.807, 2.05) is 48.7 Å². The van der Waals surface area contributed by atoms with Crippen LogP contribution in [0, 0.1) is 0 Å². The van der Waals surface area contributed by atoms with Crippen molar-refractivity contribution in [3.8, 4) is 10.4 Å². The lowest BCUT2D eigenvalue weighted by Gasteiger charge is -2.11. The molecule has 1 aromatic carbocycles. The summed E-state index contributed by atoms with van der Waals surface area (Å²) in [7, 11) is 0. The Morgan fingerprint density at radius 3 is 2.64 bits per heavy atom. The number of para-hydroxylation sites is 1. The van der Waals surface area contributed by atoms with Gasteiger partial charge in [-0.25, -0.2) is 4.79 Å². The number of anilines is 1. The Balaban J connectivity index is 1.94. The van der Waals surface area contributed by atoms with Crippen LogP contribution in [0.2, 0.25) is 0 Å². The molecule has 1 aromatic heterocycles. The SMILES string of the molecule is CCCNC(=O)CNC(=O)Nc1ccccc1-c1cccs1. The van der Waals surface area contributed by atoms with Crippen LogP contribution in [-0.4, -0.2) is 25.0 Å². The first-order chi connectivity index (χ1) is 10.7. The van der Waals surface area contributed by atoms with Crippen molar-refractivity contribution in [2.45, 2.75) is 13.3 Å². The Kier molecular flexibility index (Phi) is 5.97. The van der Waals surface area contributed by atoms with Gasteiger partial charge in [-0.05, 0) is 23.9 Å². The summed E-state index contributed by atoms with van der Waals surface area (Å²) >= 11 is 1.61. The van der Waals surface area contributed by atoms with E-state index in [1.54, 1.807) is 11.3 Å². The molecule has 22 heavy (non-hydrogen) atoms. The van der Waals surface area contributed by atoms with Gasteiger partial charge in [0.1, 0.15) is 0 Å². The summed E-state index contributed by atoms with van der Waals surface area (Å²) in [5, 5.41) is 10.0. The molecule has 5 nitrogen and oxygen atoms in total. The van der Waals surface area contributed by atoms with Crippen LogP contribution in [0.15, 0.2) is 41.8 Å². The summed E-state index contributed by atoms with van der Waals surface area (Å²) in [6, 6.07) is 11.2. The van der Waals surface area contributed by atoms with E-state index < -0.39 is 6.03 Å². The van der Waals surface area contributed by atoms with Gasteiger partial charge in [-0.15, -0.1) is 11.3 Å². The Hall–Kier alpha value is -2.34. The van der Waals surface area contributed by atoms with Crippen LogP contribution in [-0.2, 0) is 4.79 Å². The molecular weight excluding hydrogens is 298 g/mol. The van der Waals surface area contributed by atoms with Gasteiger partial charge in [-0.2, -0.15) is 0 Å². The molecule has 0 spiro atoms. The minimum Gasteiger partial charge on any atom is -0.355 e. The Labute approximate surface area is 133 Å². The smallest absolute Gasteiger partial charge is 0.319 e. The van der Waals surface area contributed by atoms with E-state index in [1.165, 1.54) is 0 Å². The maximum Gasteiger partial charge on any atom is 0.319 e. The summed E-state index contributed by atoms with van der Waals surface area (Å²) in [6.07, 6.45) is 0.867. The van der Waals surface area contributed by atoms with E-state index in [4.69, 9.17) is 0 Å². The molecule has 3 N–H and O–H groups in total. The van der Waals surface area contributed by atoms with Crippen LogP contribution in [0.3, 0.4) is 0 Å². The number of hydrogen-bond acceptors (Lipinski definition) is 3. The third kappa shape index (κ3) is 4.60. The minimum absolute atomic E-state index is 0.0347. The molecule has 3 amide bonds. The van der Waals surface area contributed by atoms with Crippen LogP contribution in [0.5, 0.6) is 0 Å². The van der Waals surface area contributed by atoms with Crippen LogP contribution in [0.1, 0.15) is 13.3 Å². The number of carbonyl (C=O) groups excluding carboxylic acids is 2. The third-order valence-electron chi connectivity index (χ3n) is 2.94. The average Bonchev–Trinajstić information content (AvgIpc) is 3.05. The van der Waals surface area contributed by atoms with Crippen molar-refractivity contribution in [2.75, 3.05) is 18.4 Å². The second-order valence-corrected chi connectivity index (χ2v) is 5.63. The first-order valence-electron chi connectivity index (χ1n) is 7.15. The number of amides is 3. The van der Waals surface area contributed by atoms with Crippen molar-refractivity contribution >= 4 is 29.0 Å². The highest BCUT2D eigenvalue weighted by molar-refractivity contribution is 7.13. The van der Waals surface area contributed by atoms with Crippen molar-refractivity contribution in [1.82, 2.24) is 10.6 Å². The zero-order valence-corrected chi connectivity index (χ0v) is 13.2. The molecule has 116 valence electrons. The first kappa shape index (κ1) is 16.0. The van der Waals surface area contributed by atoms with Gasteiger partial charge in [0, 0.05) is 17.0 Å². The molecule has 0 aliphatic rings. The molecule has 0 unspecified atom stereocenters. The number of hydrogen-bond donors (Lipinski definition) is 3. The molecule has 0 aliphatic carbocycles. The lowest BCUT2D eigenvalue weighted by molar-refractivity contribution is -0.120. The zero-order chi connectivity index (χ0) is 15.8. The van der Waals surface area contributed by atoms with E-state index >= 15 is 0 Å². The minimum atomic E-state index is -0.393. The van der Waals surface area contributed by atoms with Gasteiger partial charge in [-0.3, -0.25) is 4.79 Å². The Bertz CT molecular complexity index is 626. The van der Waals surface area contributed by atoms with Gasteiger partial charge in [0.15, 0.2) is 0 Å². The number of benzene rings is 1. The third-order valence-corrected chi connectivity index (χ3v) is 3.85. The quantitative estimate of drug-likeness (QED) is 0.766. The highest BCUT2D eigenvalue weighted by Crippen LogP contribution is 2.31. The molecule has 2 aromatic rings. The van der Waals surface area contributed by atoms with E-state index in [9.17, 15) is 9.59 Å². The monoisotopic (exact) mass is 317 g/mol. The van der Waals surface area contributed by atoms with Crippen molar-refractivity contribution in [1.29, 1.82) is 0 Å². The molecule has 0 saturated carbocycles. The molecule has 1 heterocycles. The van der Waals surface area contributed by atoms with Crippen molar-refractivity contribution in [3.63, 3.8) is 0 Å². The molecule has 0 aliphatic heterocycles. The highest BCUT2D eigenvalue weighted by atomic mass is 32.1. The molecule has 0 fully saturated rings. The average molecular weight is 317 g/mol. The second-order valence-electron chi connectivity index (χ2n) is 4.68. The highest BCUT2D eigenvalue weighted by Gasteiger charge is 2.09. The predicted octanol–water partition coefficient (Wildman–Crippen LogP) is 3.06. The van der Waals surface area contributed by atoms with Crippen LogP contribution in [0.25, 0.3) is 10.4 Å². The van der Waals surface area contributed by atoms with E-state index in [2.05, 4.69) is 16.0 Å². The molecule has 0 saturated heterocycles. The molecular formula is C16H19N3O2S.